The summed E-state index contributed by atoms with van der Waals surface area (Å²) >= 11 is 0. The van der Waals surface area contributed by atoms with E-state index in [2.05, 4.69) is 4.74 Å². The summed E-state index contributed by atoms with van der Waals surface area (Å²) in [5.41, 5.74) is 4.58. The molecular weight excluding hydrogens is 146 g/mol. The fraction of sp³-hybridized carbons (Fsp3) is 0.857. The van der Waals surface area contributed by atoms with Gasteiger partial charge in [0.05, 0.1) is 7.11 Å². The minimum absolute atomic E-state index is 0.208. The summed E-state index contributed by atoms with van der Waals surface area (Å²) in [7, 11) is 1.35. The Labute approximate surface area is 65.7 Å². The molecule has 1 rings (SSSR count). The van der Waals surface area contributed by atoms with E-state index in [0.29, 0.717) is 13.0 Å². The van der Waals surface area contributed by atoms with E-state index in [1.165, 1.54) is 7.11 Å². The maximum atomic E-state index is 11.1. The van der Waals surface area contributed by atoms with Gasteiger partial charge in [0.25, 0.3) is 0 Å². The predicted molar refractivity (Wildman–Crippen MR) is 39.0 cm³/mol. The quantitative estimate of drug-likeness (QED) is 0.560. The van der Waals surface area contributed by atoms with Crippen LogP contribution in [0.4, 0.5) is 0 Å². The lowest BCUT2D eigenvalue weighted by atomic mass is 10.0. The fourth-order valence-corrected chi connectivity index (χ4v) is 1.29. The molecule has 1 fully saturated rings. The molecule has 0 amide bonds. The Hall–Kier alpha value is -0.610. The molecule has 4 heteroatoms. The van der Waals surface area contributed by atoms with E-state index >= 15 is 0 Å². The lowest BCUT2D eigenvalue weighted by Crippen LogP contribution is -2.45. The highest BCUT2D eigenvalue weighted by molar-refractivity contribution is 5.80. The van der Waals surface area contributed by atoms with Crippen molar-refractivity contribution in [2.45, 2.75) is 18.4 Å². The first-order chi connectivity index (χ1) is 5.25. The van der Waals surface area contributed by atoms with Gasteiger partial charge in [0.2, 0.25) is 0 Å². The average Bonchev–Trinajstić information content (AvgIpc) is 2.52. The highest BCUT2D eigenvalue weighted by Gasteiger charge is 2.42. The lowest BCUT2D eigenvalue weighted by molar-refractivity contribution is -0.162. The summed E-state index contributed by atoms with van der Waals surface area (Å²) in [4.78, 5) is 11.1. The van der Waals surface area contributed by atoms with Crippen LogP contribution in [0.1, 0.15) is 12.8 Å². The van der Waals surface area contributed by atoms with E-state index in [9.17, 15) is 4.79 Å². The Bertz CT molecular complexity index is 152. The van der Waals surface area contributed by atoms with E-state index < -0.39 is 5.60 Å². The van der Waals surface area contributed by atoms with E-state index in [4.69, 9.17) is 10.5 Å². The van der Waals surface area contributed by atoms with Crippen molar-refractivity contribution in [2.75, 3.05) is 20.3 Å². The van der Waals surface area contributed by atoms with E-state index in [-0.39, 0.29) is 12.5 Å². The first kappa shape index (κ1) is 8.49. The zero-order valence-corrected chi connectivity index (χ0v) is 6.63. The van der Waals surface area contributed by atoms with Gasteiger partial charge in [-0.15, -0.1) is 0 Å². The zero-order valence-electron chi connectivity index (χ0n) is 6.63. The number of nitrogens with two attached hydrogens (primary N) is 1. The molecule has 0 spiro atoms. The molecule has 0 aliphatic carbocycles. The SMILES string of the molecule is COC(=O)C1(CN)CCCO1. The van der Waals surface area contributed by atoms with Gasteiger partial charge in [0.15, 0.2) is 5.60 Å². The van der Waals surface area contributed by atoms with Crippen molar-refractivity contribution in [3.63, 3.8) is 0 Å². The summed E-state index contributed by atoms with van der Waals surface area (Å²) in [6.45, 7) is 0.811. The van der Waals surface area contributed by atoms with E-state index in [1.54, 1.807) is 0 Å². The number of hydrogen-bond acceptors (Lipinski definition) is 4. The first-order valence-corrected chi connectivity index (χ1v) is 3.67. The van der Waals surface area contributed by atoms with Crippen LogP contribution in [0, 0.1) is 0 Å². The number of carbonyl (C=O) groups is 1. The molecule has 1 aliphatic heterocycles. The predicted octanol–water partition coefficient (Wildman–Crippen LogP) is -0.333. The van der Waals surface area contributed by atoms with Crippen molar-refractivity contribution in [1.29, 1.82) is 0 Å². The van der Waals surface area contributed by atoms with Gasteiger partial charge < -0.3 is 15.2 Å². The van der Waals surface area contributed by atoms with Crippen molar-refractivity contribution < 1.29 is 14.3 Å². The third-order valence-electron chi connectivity index (χ3n) is 1.99. The van der Waals surface area contributed by atoms with Gasteiger partial charge in [-0.1, -0.05) is 0 Å². The molecule has 0 aromatic rings. The van der Waals surface area contributed by atoms with Crippen LogP contribution in [0.15, 0.2) is 0 Å². The van der Waals surface area contributed by atoms with Gasteiger partial charge in [-0.25, -0.2) is 4.79 Å². The van der Waals surface area contributed by atoms with E-state index in [0.717, 1.165) is 6.42 Å². The molecule has 1 aliphatic rings. The number of esters is 1. The Kier molecular flexibility index (Phi) is 2.46. The normalized spacial score (nSPS) is 30.4. The Balaban J connectivity index is 2.66. The van der Waals surface area contributed by atoms with E-state index in [1.807, 2.05) is 0 Å². The van der Waals surface area contributed by atoms with Crippen molar-refractivity contribution in [3.05, 3.63) is 0 Å². The highest BCUT2D eigenvalue weighted by Crippen LogP contribution is 2.25. The van der Waals surface area contributed by atoms with Crippen LogP contribution in [-0.2, 0) is 14.3 Å². The molecular formula is C7H13NO3. The molecule has 0 aromatic carbocycles. The van der Waals surface area contributed by atoms with Crippen LogP contribution in [-0.4, -0.2) is 31.8 Å². The molecule has 0 saturated carbocycles. The molecule has 0 aromatic heterocycles. The molecule has 2 N–H and O–H groups in total. The Morgan fingerprint density at radius 2 is 2.55 bits per heavy atom. The maximum absolute atomic E-state index is 11.1. The van der Waals surface area contributed by atoms with Crippen LogP contribution in [0.2, 0.25) is 0 Å². The molecule has 0 bridgehead atoms. The standard InChI is InChI=1S/C7H13NO3/c1-10-6(9)7(5-8)3-2-4-11-7/h2-5,8H2,1H3. The monoisotopic (exact) mass is 159 g/mol. The number of rotatable bonds is 2. The topological polar surface area (TPSA) is 61.5 Å². The summed E-state index contributed by atoms with van der Waals surface area (Å²) in [5.74, 6) is -0.350. The van der Waals surface area contributed by atoms with Gasteiger partial charge in [0, 0.05) is 13.2 Å². The van der Waals surface area contributed by atoms with Crippen molar-refractivity contribution in [2.24, 2.45) is 5.73 Å². The number of ether oxygens (including phenoxy) is 2. The van der Waals surface area contributed by atoms with Gasteiger partial charge in [-0.05, 0) is 12.8 Å². The van der Waals surface area contributed by atoms with Gasteiger partial charge in [-0.3, -0.25) is 0 Å². The zero-order chi connectivity index (χ0) is 8.32. The average molecular weight is 159 g/mol. The van der Waals surface area contributed by atoms with Crippen LogP contribution in [0.3, 0.4) is 0 Å². The second-order valence-corrected chi connectivity index (χ2v) is 2.64. The molecule has 1 saturated heterocycles. The molecule has 1 atom stereocenters. The van der Waals surface area contributed by atoms with Crippen molar-refractivity contribution in [1.82, 2.24) is 0 Å². The van der Waals surface area contributed by atoms with Crippen molar-refractivity contribution >= 4 is 5.97 Å². The smallest absolute Gasteiger partial charge is 0.339 e. The third-order valence-corrected chi connectivity index (χ3v) is 1.99. The van der Waals surface area contributed by atoms with Crippen LogP contribution in [0.5, 0.6) is 0 Å². The number of methoxy groups -OCH3 is 1. The molecule has 4 nitrogen and oxygen atoms in total. The number of hydrogen-bond donors (Lipinski definition) is 1. The van der Waals surface area contributed by atoms with Crippen molar-refractivity contribution in [3.8, 4) is 0 Å². The second-order valence-electron chi connectivity index (χ2n) is 2.64. The molecule has 1 unspecified atom stereocenters. The molecule has 64 valence electrons. The number of carbonyl (C=O) groups excluding carboxylic acids is 1. The maximum Gasteiger partial charge on any atom is 0.339 e. The Morgan fingerprint density at radius 1 is 1.82 bits per heavy atom. The van der Waals surface area contributed by atoms with Gasteiger partial charge in [0.1, 0.15) is 0 Å². The van der Waals surface area contributed by atoms with Gasteiger partial charge in [-0.2, -0.15) is 0 Å². The summed E-state index contributed by atoms with van der Waals surface area (Å²) < 4.78 is 9.83. The van der Waals surface area contributed by atoms with Gasteiger partial charge >= 0.3 is 5.97 Å². The van der Waals surface area contributed by atoms with Crippen LogP contribution in [0.25, 0.3) is 0 Å². The molecule has 1 heterocycles. The lowest BCUT2D eigenvalue weighted by Gasteiger charge is -2.22. The molecule has 0 radical (unpaired) electrons. The fourth-order valence-electron chi connectivity index (χ4n) is 1.29. The Morgan fingerprint density at radius 3 is 2.91 bits per heavy atom. The summed E-state index contributed by atoms with van der Waals surface area (Å²) in [6, 6.07) is 0. The third kappa shape index (κ3) is 1.36. The van der Waals surface area contributed by atoms with Crippen LogP contribution < -0.4 is 5.73 Å². The minimum atomic E-state index is -0.839. The van der Waals surface area contributed by atoms with Crippen LogP contribution >= 0.6 is 0 Å². The highest BCUT2D eigenvalue weighted by atomic mass is 16.6. The summed E-state index contributed by atoms with van der Waals surface area (Å²) in [5, 5.41) is 0. The summed E-state index contributed by atoms with van der Waals surface area (Å²) in [6.07, 6.45) is 1.56. The second kappa shape index (κ2) is 3.19. The first-order valence-electron chi connectivity index (χ1n) is 3.67. The largest absolute Gasteiger partial charge is 0.467 e. The molecule has 11 heavy (non-hydrogen) atoms. The minimum Gasteiger partial charge on any atom is -0.467 e.